The number of amides is 1. The largest absolute Gasteiger partial charge is 0.438 e. The highest BCUT2D eigenvalue weighted by molar-refractivity contribution is 6.05. The number of alkyl halides is 3. The van der Waals surface area contributed by atoms with E-state index in [1.54, 1.807) is 12.1 Å². The fourth-order valence-corrected chi connectivity index (χ4v) is 4.94. The zero-order valence-corrected chi connectivity index (χ0v) is 24.4. The highest BCUT2D eigenvalue weighted by Gasteiger charge is 2.32. The number of nitrogens with one attached hydrogen (secondary N) is 1. The van der Waals surface area contributed by atoms with Crippen LogP contribution in [0.2, 0.25) is 0 Å². The van der Waals surface area contributed by atoms with Gasteiger partial charge < -0.3 is 15.0 Å². The molecule has 13 heteroatoms. The van der Waals surface area contributed by atoms with Gasteiger partial charge in [-0.2, -0.15) is 13.2 Å². The number of carbonyl (C=O) groups is 1. The van der Waals surface area contributed by atoms with Crippen molar-refractivity contribution < 1.29 is 27.1 Å². The minimum atomic E-state index is -4.63. The van der Waals surface area contributed by atoms with Crippen molar-refractivity contribution in [3.05, 3.63) is 89.4 Å². The van der Waals surface area contributed by atoms with E-state index in [0.29, 0.717) is 41.8 Å². The number of likely N-dealkylation sites (N-methyl/N-ethyl adjacent to an activating group) is 1. The van der Waals surface area contributed by atoms with Gasteiger partial charge in [-0.15, -0.1) is 0 Å². The summed E-state index contributed by atoms with van der Waals surface area (Å²) >= 11 is 0. The molecule has 0 bridgehead atoms. The Hall–Kier alpha value is -4.49. The Bertz CT molecular complexity index is 1650. The molecule has 1 atom stereocenters. The van der Waals surface area contributed by atoms with Crippen molar-refractivity contribution >= 4 is 11.6 Å². The van der Waals surface area contributed by atoms with Gasteiger partial charge in [0.05, 0.1) is 16.7 Å². The molecule has 230 valence electrons. The lowest BCUT2D eigenvalue weighted by atomic mass is 10.1. The van der Waals surface area contributed by atoms with Gasteiger partial charge in [-0.05, 0) is 68.5 Å². The Kier molecular flexibility index (Phi) is 9.16. The van der Waals surface area contributed by atoms with Crippen molar-refractivity contribution in [1.82, 2.24) is 29.7 Å². The van der Waals surface area contributed by atoms with E-state index in [1.165, 1.54) is 30.7 Å². The quantitative estimate of drug-likeness (QED) is 0.237. The van der Waals surface area contributed by atoms with E-state index in [9.17, 15) is 22.4 Å². The first-order chi connectivity index (χ1) is 21.0. The highest BCUT2D eigenvalue weighted by Crippen LogP contribution is 2.34. The van der Waals surface area contributed by atoms with Crippen molar-refractivity contribution in [3.63, 3.8) is 0 Å². The van der Waals surface area contributed by atoms with Gasteiger partial charge in [0.25, 0.3) is 5.91 Å². The van der Waals surface area contributed by atoms with Gasteiger partial charge in [0.15, 0.2) is 5.82 Å². The van der Waals surface area contributed by atoms with E-state index in [1.807, 2.05) is 21.0 Å². The van der Waals surface area contributed by atoms with E-state index in [-0.39, 0.29) is 17.3 Å². The number of aromatic nitrogens is 4. The van der Waals surface area contributed by atoms with Crippen LogP contribution in [0.4, 0.5) is 23.2 Å². The first-order valence-corrected chi connectivity index (χ1v) is 14.0. The summed E-state index contributed by atoms with van der Waals surface area (Å²) in [6, 6.07) is 10.4. The van der Waals surface area contributed by atoms with Crippen molar-refractivity contribution in [1.29, 1.82) is 0 Å². The van der Waals surface area contributed by atoms with E-state index in [4.69, 9.17) is 4.74 Å². The molecule has 0 aliphatic carbocycles. The molecule has 0 unspecified atom stereocenters. The molecule has 0 spiro atoms. The van der Waals surface area contributed by atoms with Gasteiger partial charge >= 0.3 is 6.18 Å². The molecule has 0 saturated carbocycles. The van der Waals surface area contributed by atoms with Crippen LogP contribution in [0.5, 0.6) is 11.6 Å². The van der Waals surface area contributed by atoms with Crippen LogP contribution in [0.3, 0.4) is 0 Å². The number of rotatable bonds is 9. The molecule has 9 nitrogen and oxygen atoms in total. The summed E-state index contributed by atoms with van der Waals surface area (Å²) in [4.78, 5) is 34.5. The van der Waals surface area contributed by atoms with Gasteiger partial charge in [-0.25, -0.2) is 24.3 Å². The van der Waals surface area contributed by atoms with Gasteiger partial charge in [-0.3, -0.25) is 9.69 Å². The first kappa shape index (κ1) is 31.0. The summed E-state index contributed by atoms with van der Waals surface area (Å²) in [5, 5.41) is 2.51. The fraction of sp³-hybridized carbons (Fsp3) is 0.323. The number of aryl methyl sites for hydroxylation is 1. The second-order valence-electron chi connectivity index (χ2n) is 10.6. The van der Waals surface area contributed by atoms with Gasteiger partial charge in [-0.1, -0.05) is 13.0 Å². The number of ether oxygens (including phenoxy) is 1. The Morgan fingerprint density at radius 3 is 2.66 bits per heavy atom. The third-order valence-corrected chi connectivity index (χ3v) is 7.40. The summed E-state index contributed by atoms with van der Waals surface area (Å²) in [6.45, 7) is 3.71. The zero-order chi connectivity index (χ0) is 31.4. The molecular weight excluding hydrogens is 578 g/mol. The highest BCUT2D eigenvalue weighted by atomic mass is 19.4. The number of halogens is 4. The van der Waals surface area contributed by atoms with Crippen LogP contribution in [0.15, 0.2) is 61.1 Å². The Balaban J connectivity index is 1.41. The van der Waals surface area contributed by atoms with E-state index >= 15 is 0 Å². The van der Waals surface area contributed by atoms with Crippen molar-refractivity contribution in [2.24, 2.45) is 0 Å². The normalized spacial score (nSPS) is 15.5. The minimum Gasteiger partial charge on any atom is -0.438 e. The number of benzene rings is 2. The lowest BCUT2D eigenvalue weighted by molar-refractivity contribution is -0.137. The molecule has 1 fully saturated rings. The maximum atomic E-state index is 15.0. The summed E-state index contributed by atoms with van der Waals surface area (Å²) in [5.74, 6) is -0.706. The predicted molar refractivity (Wildman–Crippen MR) is 156 cm³/mol. The molecule has 5 rings (SSSR count). The molecule has 1 aliphatic rings. The van der Waals surface area contributed by atoms with Crippen LogP contribution in [0.1, 0.15) is 40.7 Å². The smallest absolute Gasteiger partial charge is 0.416 e. The molecule has 3 heterocycles. The van der Waals surface area contributed by atoms with Crippen LogP contribution in [-0.2, 0) is 19.1 Å². The number of hydrogen-bond donors (Lipinski definition) is 1. The SMILES string of the molecule is CCc1ncnc(-c2cccnc2Oc2ccc(F)c(C(=O)Nc3cc(C(F)(F)F)ccc3CN3CC[C@@H](N(C)C)C3)c2)n1. The zero-order valence-electron chi connectivity index (χ0n) is 24.4. The number of nitrogens with zero attached hydrogens (tertiary/aromatic N) is 6. The summed E-state index contributed by atoms with van der Waals surface area (Å²) in [7, 11) is 3.96. The second kappa shape index (κ2) is 13.0. The second-order valence-corrected chi connectivity index (χ2v) is 10.6. The first-order valence-electron chi connectivity index (χ1n) is 14.0. The van der Waals surface area contributed by atoms with Crippen LogP contribution in [0, 0.1) is 5.82 Å². The van der Waals surface area contributed by atoms with Crippen molar-refractivity contribution in [3.8, 4) is 23.0 Å². The number of likely N-dealkylation sites (tertiary alicyclic amines) is 1. The molecule has 2 aromatic carbocycles. The van der Waals surface area contributed by atoms with E-state index < -0.39 is 29.0 Å². The number of carbonyl (C=O) groups excluding carboxylic acids is 1. The Labute approximate surface area is 251 Å². The molecule has 4 aromatic rings. The summed E-state index contributed by atoms with van der Waals surface area (Å²) in [5.41, 5.74) is -0.440. The van der Waals surface area contributed by atoms with Gasteiger partial charge in [0.2, 0.25) is 5.88 Å². The lowest BCUT2D eigenvalue weighted by Crippen LogP contribution is -2.31. The lowest BCUT2D eigenvalue weighted by Gasteiger charge is -2.22. The van der Waals surface area contributed by atoms with Crippen molar-refractivity contribution in [2.45, 2.75) is 38.5 Å². The average Bonchev–Trinajstić information content (AvgIpc) is 3.48. The number of hydrogen-bond acceptors (Lipinski definition) is 8. The van der Waals surface area contributed by atoms with Crippen LogP contribution >= 0.6 is 0 Å². The van der Waals surface area contributed by atoms with Gasteiger partial charge in [0.1, 0.15) is 23.7 Å². The average molecular weight is 610 g/mol. The molecule has 44 heavy (non-hydrogen) atoms. The molecule has 2 aromatic heterocycles. The third kappa shape index (κ3) is 7.17. The Morgan fingerprint density at radius 2 is 1.93 bits per heavy atom. The topological polar surface area (TPSA) is 96.4 Å². The predicted octanol–water partition coefficient (Wildman–Crippen LogP) is 5.83. The maximum absolute atomic E-state index is 15.0. The van der Waals surface area contributed by atoms with Gasteiger partial charge in [0, 0.05) is 44.0 Å². The summed E-state index contributed by atoms with van der Waals surface area (Å²) < 4.78 is 61.7. The third-order valence-electron chi connectivity index (χ3n) is 7.40. The standard InChI is InChI=1S/C31H31F4N7O2/c1-4-27-37-18-38-28(40-27)23-6-5-12-36-30(23)44-22-9-10-25(32)24(15-22)29(43)39-26-14-20(31(33,34)35)8-7-19(26)16-42-13-11-21(17-42)41(2)3/h5-10,12,14-15,18,21H,4,11,13,16-17H2,1-3H3,(H,39,43)/t21-/m1/s1. The Morgan fingerprint density at radius 1 is 1.11 bits per heavy atom. The number of pyridine rings is 1. The minimum absolute atomic E-state index is 0.0441. The van der Waals surface area contributed by atoms with Crippen LogP contribution in [-0.4, -0.2) is 68.9 Å². The number of anilines is 1. The maximum Gasteiger partial charge on any atom is 0.416 e. The molecule has 1 aliphatic heterocycles. The molecular formula is C31H31F4N7O2. The van der Waals surface area contributed by atoms with Crippen LogP contribution in [0.25, 0.3) is 11.4 Å². The monoisotopic (exact) mass is 609 g/mol. The molecule has 0 radical (unpaired) electrons. The fourth-order valence-electron chi connectivity index (χ4n) is 4.94. The van der Waals surface area contributed by atoms with Crippen LogP contribution < -0.4 is 10.1 Å². The van der Waals surface area contributed by atoms with Crippen molar-refractivity contribution in [2.75, 3.05) is 32.5 Å². The molecule has 1 saturated heterocycles. The summed E-state index contributed by atoms with van der Waals surface area (Å²) in [6.07, 6.45) is -0.251. The van der Waals surface area contributed by atoms with E-state index in [2.05, 4.69) is 35.1 Å². The molecule has 1 N–H and O–H groups in total. The van der Waals surface area contributed by atoms with E-state index in [0.717, 1.165) is 37.7 Å². The molecule has 1 amide bonds.